The van der Waals surface area contributed by atoms with E-state index >= 15 is 0 Å². The molecule has 0 fully saturated rings. The first-order chi connectivity index (χ1) is 12.9. The van der Waals surface area contributed by atoms with E-state index in [2.05, 4.69) is 60.9 Å². The lowest BCUT2D eigenvalue weighted by atomic mass is 9.87. The van der Waals surface area contributed by atoms with Crippen LogP contribution in [0.2, 0.25) is 0 Å². The lowest BCUT2D eigenvalue weighted by Gasteiger charge is -2.18. The van der Waals surface area contributed by atoms with Crippen molar-refractivity contribution in [2.45, 2.75) is 26.2 Å². The second-order valence-electron chi connectivity index (χ2n) is 7.55. The minimum atomic E-state index is -0.189. The van der Waals surface area contributed by atoms with Crippen LogP contribution < -0.4 is 10.7 Å². The summed E-state index contributed by atoms with van der Waals surface area (Å²) in [5.41, 5.74) is 5.84. The number of nitrogens with zero attached hydrogens (tertiary/aromatic N) is 1. The van der Waals surface area contributed by atoms with Gasteiger partial charge in [0.15, 0.2) is 0 Å². The van der Waals surface area contributed by atoms with Gasteiger partial charge >= 0.3 is 0 Å². The molecule has 3 aromatic rings. The maximum absolute atomic E-state index is 12.0. The highest BCUT2D eigenvalue weighted by atomic mass is 16.2. The summed E-state index contributed by atoms with van der Waals surface area (Å²) in [7, 11) is 0. The lowest BCUT2D eigenvalue weighted by molar-refractivity contribution is -0.119. The largest absolute Gasteiger partial charge is 0.376 e. The molecular formula is C23H25N3O. The fraction of sp³-hybridized carbons (Fsp3) is 0.217. The fourth-order valence-corrected chi connectivity index (χ4v) is 2.84. The number of carbonyl (C=O) groups is 1. The van der Waals surface area contributed by atoms with Crippen LogP contribution in [-0.2, 0) is 10.2 Å². The molecule has 0 spiro atoms. The Morgan fingerprint density at radius 1 is 0.963 bits per heavy atom. The highest BCUT2D eigenvalue weighted by Gasteiger charge is 2.12. The number of rotatable bonds is 5. The van der Waals surface area contributed by atoms with Gasteiger partial charge in [0.25, 0.3) is 5.91 Å². The summed E-state index contributed by atoms with van der Waals surface area (Å²) < 4.78 is 0. The first-order valence-electron chi connectivity index (χ1n) is 9.07. The highest BCUT2D eigenvalue weighted by Crippen LogP contribution is 2.23. The van der Waals surface area contributed by atoms with Crippen LogP contribution >= 0.6 is 0 Å². The molecule has 0 saturated carbocycles. The van der Waals surface area contributed by atoms with Gasteiger partial charge in [-0.25, -0.2) is 5.43 Å². The molecule has 0 bridgehead atoms. The zero-order valence-corrected chi connectivity index (χ0v) is 16.0. The third kappa shape index (κ3) is 4.94. The van der Waals surface area contributed by atoms with E-state index in [1.165, 1.54) is 5.56 Å². The second kappa shape index (κ2) is 8.04. The molecule has 0 aliphatic rings. The number of fused-ring (bicyclic) bond motifs is 1. The van der Waals surface area contributed by atoms with E-state index in [0.717, 1.165) is 22.0 Å². The van der Waals surface area contributed by atoms with Gasteiger partial charge in [0, 0.05) is 11.1 Å². The Kier molecular flexibility index (Phi) is 5.55. The zero-order chi connectivity index (χ0) is 19.3. The average molecular weight is 359 g/mol. The monoisotopic (exact) mass is 359 g/mol. The van der Waals surface area contributed by atoms with Crippen LogP contribution in [0.25, 0.3) is 10.8 Å². The van der Waals surface area contributed by atoms with Crippen LogP contribution in [0, 0.1) is 0 Å². The summed E-state index contributed by atoms with van der Waals surface area (Å²) in [6.45, 7) is 6.70. The van der Waals surface area contributed by atoms with Gasteiger partial charge in [0.1, 0.15) is 0 Å². The molecule has 3 rings (SSSR count). The minimum absolute atomic E-state index is 0.122. The first-order valence-corrected chi connectivity index (χ1v) is 9.07. The third-order valence-electron chi connectivity index (χ3n) is 4.41. The number of hydrazone groups is 1. The smallest absolute Gasteiger partial charge is 0.259 e. The zero-order valence-electron chi connectivity index (χ0n) is 16.0. The summed E-state index contributed by atoms with van der Waals surface area (Å²) in [5, 5.41) is 9.45. The number of carbonyl (C=O) groups excluding carboxylic acids is 1. The van der Waals surface area contributed by atoms with Gasteiger partial charge in [0.2, 0.25) is 0 Å². The van der Waals surface area contributed by atoms with E-state index < -0.39 is 0 Å². The van der Waals surface area contributed by atoms with E-state index in [4.69, 9.17) is 0 Å². The molecule has 0 heterocycles. The lowest BCUT2D eigenvalue weighted by Crippen LogP contribution is -2.25. The number of nitrogens with one attached hydrogen (secondary N) is 2. The molecule has 3 aromatic carbocycles. The third-order valence-corrected chi connectivity index (χ3v) is 4.41. The predicted octanol–water partition coefficient (Wildman–Crippen LogP) is 4.70. The summed E-state index contributed by atoms with van der Waals surface area (Å²) in [5.74, 6) is -0.189. The molecule has 2 N–H and O–H groups in total. The van der Waals surface area contributed by atoms with Gasteiger partial charge in [0.05, 0.1) is 12.8 Å². The molecule has 4 nitrogen and oxygen atoms in total. The Morgan fingerprint density at radius 3 is 2.41 bits per heavy atom. The Hall–Kier alpha value is -3.14. The Labute approximate surface area is 160 Å². The molecule has 4 heteroatoms. The van der Waals surface area contributed by atoms with Crippen molar-refractivity contribution in [1.29, 1.82) is 0 Å². The van der Waals surface area contributed by atoms with Crippen LogP contribution in [0.15, 0.2) is 71.8 Å². The van der Waals surface area contributed by atoms with Crippen LogP contribution in [0.4, 0.5) is 5.69 Å². The predicted molar refractivity (Wildman–Crippen MR) is 113 cm³/mol. The maximum atomic E-state index is 12.0. The maximum Gasteiger partial charge on any atom is 0.259 e. The normalized spacial score (nSPS) is 11.7. The molecular weight excluding hydrogens is 334 g/mol. The van der Waals surface area contributed by atoms with Gasteiger partial charge in [-0.3, -0.25) is 4.79 Å². The number of hydrogen-bond acceptors (Lipinski definition) is 3. The van der Waals surface area contributed by atoms with E-state index in [1.54, 1.807) is 6.21 Å². The topological polar surface area (TPSA) is 53.5 Å². The Balaban J connectivity index is 1.54. The van der Waals surface area contributed by atoms with Crippen molar-refractivity contribution >= 4 is 28.6 Å². The highest BCUT2D eigenvalue weighted by molar-refractivity contribution is 5.95. The van der Waals surface area contributed by atoms with Gasteiger partial charge in [-0.2, -0.15) is 5.10 Å². The van der Waals surface area contributed by atoms with E-state index in [1.807, 2.05) is 42.5 Å². The summed E-state index contributed by atoms with van der Waals surface area (Å²) in [6.07, 6.45) is 1.66. The van der Waals surface area contributed by atoms with E-state index in [9.17, 15) is 4.79 Å². The molecule has 0 aromatic heterocycles. The average Bonchev–Trinajstić information content (AvgIpc) is 2.66. The van der Waals surface area contributed by atoms with Gasteiger partial charge in [-0.1, -0.05) is 81.4 Å². The van der Waals surface area contributed by atoms with Crippen molar-refractivity contribution in [1.82, 2.24) is 5.43 Å². The van der Waals surface area contributed by atoms with Crippen LogP contribution in [0.5, 0.6) is 0 Å². The summed E-state index contributed by atoms with van der Waals surface area (Å²) in [6, 6.07) is 22.3. The molecule has 0 atom stereocenters. The molecule has 0 unspecified atom stereocenters. The fourth-order valence-electron chi connectivity index (χ4n) is 2.84. The molecule has 27 heavy (non-hydrogen) atoms. The molecule has 138 valence electrons. The Morgan fingerprint density at radius 2 is 1.67 bits per heavy atom. The van der Waals surface area contributed by atoms with Crippen LogP contribution in [-0.4, -0.2) is 18.7 Å². The van der Waals surface area contributed by atoms with Crippen molar-refractivity contribution in [3.63, 3.8) is 0 Å². The number of benzene rings is 3. The number of amides is 1. The van der Waals surface area contributed by atoms with Gasteiger partial charge in [-0.05, 0) is 28.0 Å². The molecule has 0 aliphatic carbocycles. The quantitative estimate of drug-likeness (QED) is 0.512. The Bertz CT molecular complexity index is 948. The van der Waals surface area contributed by atoms with Crippen molar-refractivity contribution in [2.75, 3.05) is 11.9 Å². The van der Waals surface area contributed by atoms with Crippen LogP contribution in [0.1, 0.15) is 31.9 Å². The second-order valence-corrected chi connectivity index (χ2v) is 7.55. The van der Waals surface area contributed by atoms with Crippen molar-refractivity contribution in [2.24, 2.45) is 5.10 Å². The number of hydrogen-bond donors (Lipinski definition) is 2. The number of anilines is 1. The van der Waals surface area contributed by atoms with Gasteiger partial charge < -0.3 is 5.32 Å². The van der Waals surface area contributed by atoms with Crippen LogP contribution in [0.3, 0.4) is 0 Å². The molecule has 0 aliphatic heterocycles. The standard InChI is InChI=1S/C23H25N3O/c1-23(2,3)19-13-11-17(12-14-19)15-25-26-22(27)16-24-21-10-6-8-18-7-4-5-9-20(18)21/h4-15,24H,16H2,1-3H3,(H,26,27)/b25-15+. The van der Waals surface area contributed by atoms with Crippen molar-refractivity contribution < 1.29 is 4.79 Å². The molecule has 1 amide bonds. The summed E-state index contributed by atoms with van der Waals surface area (Å²) in [4.78, 5) is 12.0. The SMILES string of the molecule is CC(C)(C)c1ccc(/C=N/NC(=O)CNc2cccc3ccccc23)cc1. The minimum Gasteiger partial charge on any atom is -0.376 e. The van der Waals surface area contributed by atoms with E-state index in [-0.39, 0.29) is 17.9 Å². The first kappa shape index (κ1) is 18.6. The van der Waals surface area contributed by atoms with Crippen molar-refractivity contribution in [3.05, 3.63) is 77.9 Å². The van der Waals surface area contributed by atoms with Gasteiger partial charge in [-0.15, -0.1) is 0 Å². The molecule has 0 saturated heterocycles. The van der Waals surface area contributed by atoms with Crippen molar-refractivity contribution in [3.8, 4) is 0 Å². The van der Waals surface area contributed by atoms with E-state index in [0.29, 0.717) is 0 Å². The molecule has 0 radical (unpaired) electrons. The summed E-state index contributed by atoms with van der Waals surface area (Å²) >= 11 is 0.